The zero-order chi connectivity index (χ0) is 26.5. The van der Waals surface area contributed by atoms with E-state index in [9.17, 15) is 9.59 Å². The predicted molar refractivity (Wildman–Crippen MR) is 148 cm³/mol. The van der Waals surface area contributed by atoms with Gasteiger partial charge < -0.3 is 14.8 Å². The van der Waals surface area contributed by atoms with E-state index in [0.717, 1.165) is 49.3 Å². The molecule has 7 heteroatoms. The number of hydrogen-bond donors (Lipinski definition) is 1. The second-order valence-corrected chi connectivity index (χ2v) is 9.69. The van der Waals surface area contributed by atoms with Gasteiger partial charge in [-0.1, -0.05) is 48.5 Å². The van der Waals surface area contributed by atoms with Crippen LogP contribution in [0.4, 0.5) is 11.4 Å². The molecule has 196 valence electrons. The van der Waals surface area contributed by atoms with Crippen LogP contribution in [0.2, 0.25) is 0 Å². The summed E-state index contributed by atoms with van der Waals surface area (Å²) in [5.74, 6) is -1.17. The van der Waals surface area contributed by atoms with Crippen LogP contribution in [0.25, 0.3) is 0 Å². The van der Waals surface area contributed by atoms with Crippen LogP contribution >= 0.6 is 0 Å². The Morgan fingerprint density at radius 1 is 1.00 bits per heavy atom. The Bertz CT molecular complexity index is 1310. The van der Waals surface area contributed by atoms with Gasteiger partial charge in [0.1, 0.15) is 5.92 Å². The summed E-state index contributed by atoms with van der Waals surface area (Å²) in [6.07, 6.45) is 2.49. The summed E-state index contributed by atoms with van der Waals surface area (Å²) in [6.45, 7) is 5.02. The Kier molecular flexibility index (Phi) is 7.96. The number of ether oxygens (including phenoxy) is 2. The number of carbonyl (C=O) groups excluding carboxylic acids is 2. The van der Waals surface area contributed by atoms with Gasteiger partial charge in [0.2, 0.25) is 5.91 Å². The smallest absolute Gasteiger partial charge is 0.338 e. The van der Waals surface area contributed by atoms with Crippen molar-refractivity contribution in [1.29, 1.82) is 0 Å². The Morgan fingerprint density at radius 2 is 1.74 bits per heavy atom. The number of rotatable bonds is 8. The van der Waals surface area contributed by atoms with Crippen molar-refractivity contribution in [1.82, 2.24) is 4.90 Å². The monoisotopic (exact) mass is 511 g/mol. The fourth-order valence-corrected chi connectivity index (χ4v) is 5.16. The van der Waals surface area contributed by atoms with E-state index < -0.39 is 11.9 Å². The Hall–Kier alpha value is -3.81. The van der Waals surface area contributed by atoms with Gasteiger partial charge in [-0.05, 0) is 60.7 Å². The fourth-order valence-electron chi connectivity index (χ4n) is 5.16. The molecule has 0 bridgehead atoms. The third-order valence-corrected chi connectivity index (χ3v) is 7.20. The van der Waals surface area contributed by atoms with Crippen molar-refractivity contribution < 1.29 is 19.1 Å². The van der Waals surface area contributed by atoms with Gasteiger partial charge in [0.05, 0.1) is 29.7 Å². The summed E-state index contributed by atoms with van der Waals surface area (Å²) in [5.41, 5.74) is 5.38. The third-order valence-electron chi connectivity index (χ3n) is 7.20. The number of amides is 1. The first-order valence-corrected chi connectivity index (χ1v) is 13.2. The molecule has 0 radical (unpaired) electrons. The van der Waals surface area contributed by atoms with E-state index in [1.807, 2.05) is 48.5 Å². The van der Waals surface area contributed by atoms with Crippen molar-refractivity contribution in [3.63, 3.8) is 0 Å². The van der Waals surface area contributed by atoms with Gasteiger partial charge in [0, 0.05) is 32.4 Å². The van der Waals surface area contributed by atoms with Crippen LogP contribution in [0.3, 0.4) is 0 Å². The molecule has 2 aliphatic heterocycles. The largest absolute Gasteiger partial charge is 0.462 e. The predicted octanol–water partition coefficient (Wildman–Crippen LogP) is 5.33. The molecule has 38 heavy (non-hydrogen) atoms. The van der Waals surface area contributed by atoms with Gasteiger partial charge in [-0.25, -0.2) is 4.79 Å². The van der Waals surface area contributed by atoms with Gasteiger partial charge in [-0.15, -0.1) is 0 Å². The van der Waals surface area contributed by atoms with Crippen molar-refractivity contribution >= 4 is 29.0 Å². The van der Waals surface area contributed by atoms with E-state index in [2.05, 4.69) is 22.3 Å². The first-order valence-electron chi connectivity index (χ1n) is 13.2. The summed E-state index contributed by atoms with van der Waals surface area (Å²) in [4.78, 5) is 32.9. The minimum absolute atomic E-state index is 0.167. The number of carbonyl (C=O) groups is 2. The quantitative estimate of drug-likeness (QED) is 0.327. The third kappa shape index (κ3) is 5.69. The lowest BCUT2D eigenvalue weighted by Crippen LogP contribution is -2.36. The maximum absolute atomic E-state index is 13.2. The molecule has 0 spiro atoms. The average Bonchev–Trinajstić information content (AvgIpc) is 3.28. The van der Waals surface area contributed by atoms with Gasteiger partial charge >= 0.3 is 5.97 Å². The topological polar surface area (TPSA) is 80.2 Å². The number of esters is 1. The molecule has 2 heterocycles. The number of benzene rings is 3. The highest BCUT2D eigenvalue weighted by Crippen LogP contribution is 2.37. The van der Waals surface area contributed by atoms with Crippen LogP contribution in [0, 0.1) is 0 Å². The van der Waals surface area contributed by atoms with Crippen LogP contribution < -0.4 is 5.32 Å². The zero-order valence-corrected chi connectivity index (χ0v) is 21.9. The van der Waals surface area contributed by atoms with Crippen molar-refractivity contribution in [3.05, 3.63) is 95.1 Å². The van der Waals surface area contributed by atoms with E-state index in [1.165, 1.54) is 5.56 Å². The standard InChI is InChI=1S/C31H33N3O4/c1-3-38-31(36)23-11-14-26-27(19-23)33-30(35)28(26)29(22-7-5-4-6-8-22)32-24-12-9-21(10-13-24)20-34-17-15-25(37-2)16-18-34/h4-14,19,25,28H,3,15-18,20H2,1-2H3,(H,33,35). The van der Waals surface area contributed by atoms with Crippen LogP contribution in [-0.2, 0) is 20.8 Å². The molecular formula is C31H33N3O4. The summed E-state index contributed by atoms with van der Waals surface area (Å²) in [6, 6.07) is 23.2. The van der Waals surface area contributed by atoms with E-state index in [0.29, 0.717) is 29.7 Å². The lowest BCUT2D eigenvalue weighted by molar-refractivity contribution is -0.115. The molecule has 5 rings (SSSR count). The van der Waals surface area contributed by atoms with Crippen molar-refractivity contribution in [2.24, 2.45) is 4.99 Å². The number of methoxy groups -OCH3 is 1. The van der Waals surface area contributed by atoms with E-state index in [-0.39, 0.29) is 5.91 Å². The molecule has 2 aliphatic rings. The molecule has 3 aromatic carbocycles. The molecule has 1 atom stereocenters. The number of aliphatic imine (C=N–C) groups is 1. The number of likely N-dealkylation sites (tertiary alicyclic amines) is 1. The minimum atomic E-state index is -0.592. The first kappa shape index (κ1) is 25.8. The highest BCUT2D eigenvalue weighted by Gasteiger charge is 2.36. The highest BCUT2D eigenvalue weighted by atomic mass is 16.5. The summed E-state index contributed by atoms with van der Waals surface area (Å²) in [7, 11) is 1.79. The lowest BCUT2D eigenvalue weighted by Gasteiger charge is -2.31. The second-order valence-electron chi connectivity index (χ2n) is 9.69. The lowest BCUT2D eigenvalue weighted by atomic mass is 9.90. The maximum atomic E-state index is 13.2. The molecular weight excluding hydrogens is 478 g/mol. The number of hydrogen-bond acceptors (Lipinski definition) is 6. The molecule has 1 unspecified atom stereocenters. The molecule has 0 saturated carbocycles. The molecule has 1 amide bonds. The Morgan fingerprint density at radius 3 is 2.42 bits per heavy atom. The highest BCUT2D eigenvalue weighted by molar-refractivity contribution is 6.24. The zero-order valence-electron chi connectivity index (χ0n) is 21.9. The van der Waals surface area contributed by atoms with Crippen molar-refractivity contribution in [2.45, 2.75) is 38.3 Å². The molecule has 1 saturated heterocycles. The normalized spacial score (nSPS) is 18.2. The van der Waals surface area contributed by atoms with Gasteiger partial charge in [-0.3, -0.25) is 14.7 Å². The average molecular weight is 512 g/mol. The fraction of sp³-hybridized carbons (Fsp3) is 0.323. The van der Waals surface area contributed by atoms with Gasteiger partial charge in [0.25, 0.3) is 0 Å². The van der Waals surface area contributed by atoms with Crippen LogP contribution in [0.5, 0.6) is 0 Å². The van der Waals surface area contributed by atoms with E-state index in [4.69, 9.17) is 14.5 Å². The van der Waals surface area contributed by atoms with Crippen LogP contribution in [0.1, 0.15) is 52.7 Å². The Labute approximate surface area is 223 Å². The summed E-state index contributed by atoms with van der Waals surface area (Å²) < 4.78 is 10.6. The number of nitrogens with one attached hydrogen (secondary N) is 1. The molecule has 1 N–H and O–H groups in total. The molecule has 0 aliphatic carbocycles. The molecule has 0 aromatic heterocycles. The molecule has 3 aromatic rings. The van der Waals surface area contributed by atoms with Crippen molar-refractivity contribution in [3.8, 4) is 0 Å². The number of nitrogens with zero attached hydrogens (tertiary/aromatic N) is 2. The Balaban J connectivity index is 1.41. The second kappa shape index (κ2) is 11.7. The number of anilines is 1. The summed E-state index contributed by atoms with van der Waals surface area (Å²) >= 11 is 0. The maximum Gasteiger partial charge on any atom is 0.338 e. The van der Waals surface area contributed by atoms with Crippen LogP contribution in [-0.4, -0.2) is 55.4 Å². The van der Waals surface area contributed by atoms with E-state index >= 15 is 0 Å². The molecule has 7 nitrogen and oxygen atoms in total. The van der Waals surface area contributed by atoms with Crippen LogP contribution in [0.15, 0.2) is 77.8 Å². The minimum Gasteiger partial charge on any atom is -0.462 e. The summed E-state index contributed by atoms with van der Waals surface area (Å²) in [5, 5.41) is 2.94. The number of fused-ring (bicyclic) bond motifs is 1. The van der Waals surface area contributed by atoms with Gasteiger partial charge in [-0.2, -0.15) is 0 Å². The number of piperidine rings is 1. The van der Waals surface area contributed by atoms with Gasteiger partial charge in [0.15, 0.2) is 0 Å². The van der Waals surface area contributed by atoms with E-state index in [1.54, 1.807) is 26.2 Å². The van der Waals surface area contributed by atoms with Crippen molar-refractivity contribution in [2.75, 3.05) is 32.1 Å². The molecule has 1 fully saturated rings. The SMILES string of the molecule is CCOC(=O)c1ccc2c(c1)NC(=O)C2C(=Nc1ccc(CN2CCC(OC)CC2)cc1)c1ccccc1. The first-order chi connectivity index (χ1) is 18.6.